The van der Waals surface area contributed by atoms with E-state index in [4.69, 9.17) is 5.73 Å². The second-order valence-corrected chi connectivity index (χ2v) is 7.40. The quantitative estimate of drug-likeness (QED) is 0.338. The van der Waals surface area contributed by atoms with E-state index in [0.717, 1.165) is 22.0 Å². The molecular formula is C21H17N9O3. The van der Waals surface area contributed by atoms with Crippen molar-refractivity contribution in [1.29, 1.82) is 0 Å². The van der Waals surface area contributed by atoms with Crippen molar-refractivity contribution in [2.45, 2.75) is 13.8 Å². The summed E-state index contributed by atoms with van der Waals surface area (Å²) in [6, 6.07) is 9.77. The molecule has 12 nitrogen and oxygen atoms in total. The molecule has 1 aliphatic heterocycles. The van der Waals surface area contributed by atoms with Crippen molar-refractivity contribution in [3.8, 4) is 17.1 Å². The largest absolute Gasteiger partial charge is 0.384 e. The van der Waals surface area contributed by atoms with Gasteiger partial charge in [-0.1, -0.05) is 12.1 Å². The Balaban J connectivity index is 1.58. The van der Waals surface area contributed by atoms with Gasteiger partial charge in [0, 0.05) is 23.0 Å². The first-order valence-corrected chi connectivity index (χ1v) is 9.84. The van der Waals surface area contributed by atoms with Gasteiger partial charge in [-0.05, 0) is 32.0 Å². The van der Waals surface area contributed by atoms with Gasteiger partial charge in [-0.15, -0.1) is 5.10 Å². The normalized spacial score (nSPS) is 12.5. The highest BCUT2D eigenvalue weighted by Crippen LogP contribution is 2.28. The van der Waals surface area contributed by atoms with Gasteiger partial charge in [0.1, 0.15) is 5.82 Å². The van der Waals surface area contributed by atoms with Gasteiger partial charge in [-0.25, -0.2) is 9.97 Å². The molecular weight excluding hydrogens is 426 g/mol. The van der Waals surface area contributed by atoms with Crippen molar-refractivity contribution in [3.63, 3.8) is 0 Å². The van der Waals surface area contributed by atoms with Crippen molar-refractivity contribution in [2.75, 3.05) is 11.1 Å². The molecule has 12 heteroatoms. The minimum absolute atomic E-state index is 0.0405. The van der Waals surface area contributed by atoms with Crippen molar-refractivity contribution >= 4 is 29.5 Å². The minimum Gasteiger partial charge on any atom is -0.384 e. The average molecular weight is 443 g/mol. The van der Waals surface area contributed by atoms with Gasteiger partial charge in [0.25, 0.3) is 17.4 Å². The van der Waals surface area contributed by atoms with Gasteiger partial charge in [0.05, 0.1) is 16.8 Å². The first kappa shape index (κ1) is 20.1. The molecule has 5 rings (SSSR count). The topological polar surface area (TPSA) is 174 Å². The summed E-state index contributed by atoms with van der Waals surface area (Å²) in [5.41, 5.74) is 7.97. The Morgan fingerprint density at radius 2 is 1.64 bits per heavy atom. The molecule has 0 radical (unpaired) electrons. The third-order valence-electron chi connectivity index (χ3n) is 5.04. The smallest absolute Gasteiger partial charge is 0.262 e. The van der Waals surface area contributed by atoms with Crippen LogP contribution < -0.4 is 21.9 Å². The predicted molar refractivity (Wildman–Crippen MR) is 118 cm³/mol. The Morgan fingerprint density at radius 3 is 2.39 bits per heavy atom. The van der Waals surface area contributed by atoms with Crippen LogP contribution in [0, 0.1) is 13.8 Å². The molecule has 1 aromatic carbocycles. The number of aromatic amines is 1. The van der Waals surface area contributed by atoms with Crippen LogP contribution >= 0.6 is 0 Å². The zero-order valence-corrected chi connectivity index (χ0v) is 17.5. The maximum absolute atomic E-state index is 12.9. The number of rotatable bonds is 4. The maximum atomic E-state index is 12.9. The van der Waals surface area contributed by atoms with Gasteiger partial charge < -0.3 is 5.73 Å². The number of nitrogen functional groups attached to an aromatic ring is 1. The zero-order chi connectivity index (χ0) is 23.3. The summed E-state index contributed by atoms with van der Waals surface area (Å²) in [6.45, 7) is 3.71. The second-order valence-electron chi connectivity index (χ2n) is 7.40. The highest BCUT2D eigenvalue weighted by molar-refractivity contribution is 6.23. The first-order valence-electron chi connectivity index (χ1n) is 9.84. The van der Waals surface area contributed by atoms with Crippen molar-refractivity contribution in [3.05, 3.63) is 69.3 Å². The number of anilines is 3. The van der Waals surface area contributed by atoms with Gasteiger partial charge in [-0.3, -0.25) is 34.7 Å². The number of H-pyrrole nitrogens is 1. The number of nitrogens with two attached hydrogens (primary N) is 1. The van der Waals surface area contributed by atoms with E-state index in [9.17, 15) is 14.4 Å². The monoisotopic (exact) mass is 443 g/mol. The molecule has 4 aromatic rings. The van der Waals surface area contributed by atoms with E-state index >= 15 is 0 Å². The highest BCUT2D eigenvalue weighted by atomic mass is 16.2. The minimum atomic E-state index is -0.654. The molecule has 0 saturated carbocycles. The summed E-state index contributed by atoms with van der Waals surface area (Å²) in [7, 11) is 0. The zero-order valence-electron chi connectivity index (χ0n) is 17.5. The van der Waals surface area contributed by atoms with Crippen LogP contribution in [-0.2, 0) is 0 Å². The number of hydrogen-bond acceptors (Lipinski definition) is 9. The van der Waals surface area contributed by atoms with E-state index in [2.05, 4.69) is 35.8 Å². The van der Waals surface area contributed by atoms with Crippen LogP contribution in [0.15, 0.2) is 41.2 Å². The number of fused-ring (bicyclic) bond motifs is 1. The first-order chi connectivity index (χ1) is 15.8. The molecule has 3 aromatic heterocycles. The lowest BCUT2D eigenvalue weighted by Gasteiger charge is -2.14. The van der Waals surface area contributed by atoms with Crippen LogP contribution in [0.1, 0.15) is 32.1 Å². The number of amides is 2. The van der Waals surface area contributed by atoms with E-state index in [-0.39, 0.29) is 22.9 Å². The lowest BCUT2D eigenvalue weighted by atomic mass is 10.1. The molecule has 0 saturated heterocycles. The molecule has 0 fully saturated rings. The number of pyridine rings is 1. The van der Waals surface area contributed by atoms with E-state index in [1.807, 2.05) is 19.9 Å². The Kier molecular flexibility index (Phi) is 4.48. The van der Waals surface area contributed by atoms with E-state index in [1.54, 1.807) is 24.3 Å². The molecule has 0 aliphatic carbocycles. The Hall–Kier alpha value is -4.87. The third kappa shape index (κ3) is 3.39. The van der Waals surface area contributed by atoms with Crippen molar-refractivity contribution in [1.82, 2.24) is 35.0 Å². The van der Waals surface area contributed by atoms with Gasteiger partial charge in [0.15, 0.2) is 5.82 Å². The number of imide groups is 1. The molecule has 1 aliphatic rings. The Labute approximate surface area is 185 Å². The van der Waals surface area contributed by atoms with E-state index < -0.39 is 17.4 Å². The number of nitrogens with zero attached hydrogens (tertiary/aromatic N) is 5. The SMILES string of the molecule is Cc1cc(C)nc(Nc2n[nH]c(-c3ccccc3-n3c(N)c4c(cc3=O)C(=O)NC4=O)n2)n1. The van der Waals surface area contributed by atoms with Gasteiger partial charge >= 0.3 is 0 Å². The van der Waals surface area contributed by atoms with Crippen LogP contribution in [-0.4, -0.2) is 41.5 Å². The fourth-order valence-corrected chi connectivity index (χ4v) is 3.72. The fourth-order valence-electron chi connectivity index (χ4n) is 3.72. The summed E-state index contributed by atoms with van der Waals surface area (Å²) in [6.07, 6.45) is 0. The number of benzene rings is 1. The molecule has 0 unspecified atom stereocenters. The van der Waals surface area contributed by atoms with Crippen molar-refractivity contribution in [2.24, 2.45) is 0 Å². The molecule has 0 bridgehead atoms. The summed E-state index contributed by atoms with van der Waals surface area (Å²) in [5.74, 6) is -0.540. The number of para-hydroxylation sites is 1. The molecule has 4 heterocycles. The fraction of sp³-hybridized carbons (Fsp3) is 0.0952. The number of carbonyl (C=O) groups excluding carboxylic acids is 2. The molecule has 5 N–H and O–H groups in total. The van der Waals surface area contributed by atoms with Crippen LogP contribution in [0.3, 0.4) is 0 Å². The number of hydrogen-bond donors (Lipinski definition) is 4. The second kappa shape index (κ2) is 7.37. The summed E-state index contributed by atoms with van der Waals surface area (Å²) >= 11 is 0. The lowest BCUT2D eigenvalue weighted by molar-refractivity contribution is 0.0880. The molecule has 164 valence electrons. The van der Waals surface area contributed by atoms with Gasteiger partial charge in [0.2, 0.25) is 11.9 Å². The Morgan fingerprint density at radius 1 is 0.909 bits per heavy atom. The third-order valence-corrected chi connectivity index (χ3v) is 5.04. The molecule has 2 amide bonds. The Bertz CT molecular complexity index is 1500. The maximum Gasteiger partial charge on any atom is 0.262 e. The molecule has 33 heavy (non-hydrogen) atoms. The summed E-state index contributed by atoms with van der Waals surface area (Å²) < 4.78 is 1.16. The number of nitrogens with one attached hydrogen (secondary N) is 3. The highest BCUT2D eigenvalue weighted by Gasteiger charge is 2.32. The molecule has 0 spiro atoms. The van der Waals surface area contributed by atoms with Crippen LogP contribution in [0.2, 0.25) is 0 Å². The predicted octanol–water partition coefficient (Wildman–Crippen LogP) is 1.24. The van der Waals surface area contributed by atoms with E-state index in [0.29, 0.717) is 23.0 Å². The summed E-state index contributed by atoms with van der Waals surface area (Å²) in [4.78, 5) is 50.0. The van der Waals surface area contributed by atoms with Crippen LogP contribution in [0.5, 0.6) is 0 Å². The van der Waals surface area contributed by atoms with Gasteiger partial charge in [-0.2, -0.15) is 4.98 Å². The van der Waals surface area contributed by atoms with Crippen LogP contribution in [0.4, 0.5) is 17.7 Å². The lowest BCUT2D eigenvalue weighted by Crippen LogP contribution is -2.24. The number of carbonyl (C=O) groups is 2. The van der Waals surface area contributed by atoms with Crippen LogP contribution in [0.25, 0.3) is 17.1 Å². The molecule has 0 atom stereocenters. The number of aromatic nitrogens is 6. The summed E-state index contributed by atoms with van der Waals surface area (Å²) in [5, 5.41) is 12.1. The average Bonchev–Trinajstić information content (AvgIpc) is 3.31. The van der Waals surface area contributed by atoms with Crippen molar-refractivity contribution < 1.29 is 9.59 Å². The number of aryl methyl sites for hydroxylation is 2. The standard InChI is InChI=1S/C21H17N9O3/c1-9-7-10(2)24-20(23-9)27-21-25-17(28-29-21)11-5-3-4-6-13(11)30-14(31)8-12-15(16(30)22)19(33)26-18(12)32/h3-8H,22H2,1-2H3,(H,26,32,33)(H2,23,24,25,27,28,29). The van der Waals surface area contributed by atoms with E-state index in [1.165, 1.54) is 0 Å².